The van der Waals surface area contributed by atoms with Crippen LogP contribution in [0.1, 0.15) is 21.5 Å². The van der Waals surface area contributed by atoms with E-state index in [0.717, 1.165) is 5.56 Å². The van der Waals surface area contributed by atoms with E-state index in [1.165, 1.54) is 6.08 Å². The number of ketones is 1. The molecule has 3 aromatic rings. The molecule has 5 heteroatoms. The number of rotatable bonds is 6. The first kappa shape index (κ1) is 18.6. The van der Waals surface area contributed by atoms with Gasteiger partial charge in [-0.2, -0.15) is 0 Å². The summed E-state index contributed by atoms with van der Waals surface area (Å²) in [7, 11) is -3.82. The molecule has 1 N–H and O–H groups in total. The molecule has 0 aromatic heterocycles. The standard InChI is InChI=1S/C22H19NO3S/c1-17-12-14-20(15-13-17)27(25,26)23-21(18-8-4-2-5-9-18)16-22(24)19-10-6-3-7-11-19/h2-16,23H,1H3/b21-16+. The highest BCUT2D eigenvalue weighted by Crippen LogP contribution is 2.18. The van der Waals surface area contributed by atoms with Crippen LogP contribution in [0.25, 0.3) is 5.70 Å². The number of carbonyl (C=O) groups excluding carboxylic acids is 1. The minimum atomic E-state index is -3.82. The molecule has 0 aliphatic heterocycles. The van der Waals surface area contributed by atoms with E-state index in [9.17, 15) is 13.2 Å². The van der Waals surface area contributed by atoms with E-state index in [0.29, 0.717) is 11.1 Å². The number of hydrogen-bond donors (Lipinski definition) is 1. The molecule has 0 fully saturated rings. The fourth-order valence-corrected chi connectivity index (χ4v) is 3.61. The Morgan fingerprint density at radius 2 is 1.30 bits per heavy atom. The first-order chi connectivity index (χ1) is 13.0. The van der Waals surface area contributed by atoms with Crippen LogP contribution in [0, 0.1) is 6.92 Å². The molecule has 136 valence electrons. The van der Waals surface area contributed by atoms with Crippen molar-refractivity contribution < 1.29 is 13.2 Å². The highest BCUT2D eigenvalue weighted by atomic mass is 32.2. The maximum Gasteiger partial charge on any atom is 0.261 e. The number of nitrogens with one attached hydrogen (secondary N) is 1. The van der Waals surface area contributed by atoms with Crippen molar-refractivity contribution in [1.82, 2.24) is 4.72 Å². The zero-order chi connectivity index (χ0) is 19.3. The second kappa shape index (κ2) is 8.01. The zero-order valence-electron chi connectivity index (χ0n) is 14.8. The predicted octanol–water partition coefficient (Wildman–Crippen LogP) is 4.20. The van der Waals surface area contributed by atoms with Gasteiger partial charge in [0.25, 0.3) is 10.0 Å². The lowest BCUT2D eigenvalue weighted by Gasteiger charge is -2.12. The zero-order valence-corrected chi connectivity index (χ0v) is 15.6. The fraction of sp³-hybridized carbons (Fsp3) is 0.0455. The molecule has 4 nitrogen and oxygen atoms in total. The number of aryl methyl sites for hydroxylation is 1. The maximum atomic E-state index is 12.8. The van der Waals surface area contributed by atoms with Crippen LogP contribution in [-0.2, 0) is 10.0 Å². The Hall–Kier alpha value is -3.18. The van der Waals surface area contributed by atoms with Gasteiger partial charge in [0.05, 0.1) is 10.6 Å². The van der Waals surface area contributed by atoms with Crippen molar-refractivity contribution in [3.05, 3.63) is 108 Å². The van der Waals surface area contributed by atoms with Crippen LogP contribution in [0.5, 0.6) is 0 Å². The average molecular weight is 377 g/mol. The summed E-state index contributed by atoms with van der Waals surface area (Å²) in [6, 6.07) is 24.2. The summed E-state index contributed by atoms with van der Waals surface area (Å²) in [6.45, 7) is 1.89. The number of hydrogen-bond acceptors (Lipinski definition) is 3. The minimum absolute atomic E-state index is 0.141. The molecule has 0 saturated heterocycles. The second-order valence-electron chi connectivity index (χ2n) is 6.07. The monoisotopic (exact) mass is 377 g/mol. The van der Waals surface area contributed by atoms with Crippen molar-refractivity contribution in [2.75, 3.05) is 0 Å². The predicted molar refractivity (Wildman–Crippen MR) is 107 cm³/mol. The lowest BCUT2D eigenvalue weighted by atomic mass is 10.1. The van der Waals surface area contributed by atoms with Gasteiger partial charge in [-0.3, -0.25) is 9.52 Å². The van der Waals surface area contributed by atoms with E-state index in [-0.39, 0.29) is 16.4 Å². The van der Waals surface area contributed by atoms with Gasteiger partial charge < -0.3 is 0 Å². The van der Waals surface area contributed by atoms with Gasteiger partial charge in [0.1, 0.15) is 0 Å². The molecule has 0 unspecified atom stereocenters. The Bertz CT molecular complexity index is 1060. The lowest BCUT2D eigenvalue weighted by Crippen LogP contribution is -2.23. The molecule has 0 radical (unpaired) electrons. The van der Waals surface area contributed by atoms with Crippen molar-refractivity contribution >= 4 is 21.5 Å². The van der Waals surface area contributed by atoms with Crippen molar-refractivity contribution in [3.63, 3.8) is 0 Å². The Kier molecular flexibility index (Phi) is 5.52. The largest absolute Gasteiger partial charge is 0.289 e. The molecule has 0 spiro atoms. The van der Waals surface area contributed by atoms with Crippen molar-refractivity contribution in [2.24, 2.45) is 0 Å². The second-order valence-corrected chi connectivity index (χ2v) is 7.76. The average Bonchev–Trinajstić information content (AvgIpc) is 2.69. The lowest BCUT2D eigenvalue weighted by molar-refractivity contribution is 0.104. The van der Waals surface area contributed by atoms with Crippen molar-refractivity contribution in [1.29, 1.82) is 0 Å². The van der Waals surface area contributed by atoms with Crippen molar-refractivity contribution in [2.45, 2.75) is 11.8 Å². The molecule has 3 aromatic carbocycles. The minimum Gasteiger partial charge on any atom is -0.289 e. The van der Waals surface area contributed by atoms with Gasteiger partial charge in [0.2, 0.25) is 0 Å². The summed E-state index contributed by atoms with van der Waals surface area (Å²) < 4.78 is 28.1. The van der Waals surface area contributed by atoms with Gasteiger partial charge in [0.15, 0.2) is 5.78 Å². The van der Waals surface area contributed by atoms with Gasteiger partial charge in [-0.1, -0.05) is 78.4 Å². The number of allylic oxidation sites excluding steroid dienone is 1. The first-order valence-electron chi connectivity index (χ1n) is 8.42. The summed E-state index contributed by atoms with van der Waals surface area (Å²) in [5.41, 5.74) is 2.29. The highest BCUT2D eigenvalue weighted by molar-refractivity contribution is 7.89. The van der Waals surface area contributed by atoms with E-state index >= 15 is 0 Å². The van der Waals surface area contributed by atoms with E-state index in [1.54, 1.807) is 72.8 Å². The summed E-state index contributed by atoms with van der Waals surface area (Å²) in [4.78, 5) is 12.7. The molecule has 0 heterocycles. The van der Waals surface area contributed by atoms with Crippen LogP contribution in [0.3, 0.4) is 0 Å². The van der Waals surface area contributed by atoms with E-state index in [1.807, 2.05) is 19.1 Å². The Morgan fingerprint density at radius 3 is 1.85 bits per heavy atom. The summed E-state index contributed by atoms with van der Waals surface area (Å²) in [5, 5.41) is 0. The molecule has 3 rings (SSSR count). The van der Waals surface area contributed by atoms with Gasteiger partial charge in [-0.05, 0) is 24.6 Å². The van der Waals surface area contributed by atoms with Crippen LogP contribution in [0.15, 0.2) is 95.9 Å². The topological polar surface area (TPSA) is 63.2 Å². The summed E-state index contributed by atoms with van der Waals surface area (Å²) in [5.74, 6) is -0.277. The highest BCUT2D eigenvalue weighted by Gasteiger charge is 2.17. The SMILES string of the molecule is Cc1ccc(S(=O)(=O)N/C(=C/C(=O)c2ccccc2)c2ccccc2)cc1. The molecule has 27 heavy (non-hydrogen) atoms. The maximum absolute atomic E-state index is 12.8. The van der Waals surface area contributed by atoms with Crippen LogP contribution in [-0.4, -0.2) is 14.2 Å². The first-order valence-corrected chi connectivity index (χ1v) is 9.90. The smallest absolute Gasteiger partial charge is 0.261 e. The van der Waals surface area contributed by atoms with E-state index < -0.39 is 10.0 Å². The van der Waals surface area contributed by atoms with Crippen LogP contribution in [0.2, 0.25) is 0 Å². The summed E-state index contributed by atoms with van der Waals surface area (Å²) in [6.07, 6.45) is 1.32. The quantitative estimate of drug-likeness (QED) is 0.517. The molecular formula is C22H19NO3S. The Balaban J connectivity index is 1.99. The number of carbonyl (C=O) groups is 1. The van der Waals surface area contributed by atoms with Crippen LogP contribution in [0.4, 0.5) is 0 Å². The third kappa shape index (κ3) is 4.71. The number of sulfonamides is 1. The number of benzene rings is 3. The molecular weight excluding hydrogens is 358 g/mol. The Labute approximate surface area is 159 Å². The van der Waals surface area contributed by atoms with E-state index in [4.69, 9.17) is 0 Å². The fourth-order valence-electron chi connectivity index (χ4n) is 2.53. The molecule has 0 amide bonds. The molecule has 0 aliphatic carbocycles. The molecule has 0 aliphatic rings. The Morgan fingerprint density at radius 1 is 0.778 bits per heavy atom. The molecule has 0 atom stereocenters. The van der Waals surface area contributed by atoms with Gasteiger partial charge >= 0.3 is 0 Å². The molecule has 0 bridgehead atoms. The molecule has 0 saturated carbocycles. The normalized spacial score (nSPS) is 11.8. The van der Waals surface area contributed by atoms with Crippen molar-refractivity contribution in [3.8, 4) is 0 Å². The van der Waals surface area contributed by atoms with Gasteiger partial charge in [-0.25, -0.2) is 8.42 Å². The van der Waals surface area contributed by atoms with Crippen LogP contribution >= 0.6 is 0 Å². The third-order valence-electron chi connectivity index (χ3n) is 3.99. The van der Waals surface area contributed by atoms with Crippen LogP contribution < -0.4 is 4.72 Å². The third-order valence-corrected chi connectivity index (χ3v) is 5.38. The van der Waals surface area contributed by atoms with Gasteiger partial charge in [-0.15, -0.1) is 0 Å². The van der Waals surface area contributed by atoms with Gasteiger partial charge in [0, 0.05) is 11.6 Å². The van der Waals surface area contributed by atoms with E-state index in [2.05, 4.69) is 4.72 Å². The summed E-state index contributed by atoms with van der Waals surface area (Å²) >= 11 is 0.